The Morgan fingerprint density at radius 2 is 1.44 bits per heavy atom. The lowest BCUT2D eigenvalue weighted by atomic mass is 10.2. The molecule has 4 heteroatoms. The van der Waals surface area contributed by atoms with E-state index in [-0.39, 0.29) is 17.3 Å². The van der Waals surface area contributed by atoms with Crippen molar-refractivity contribution in [1.82, 2.24) is 9.13 Å². The minimum atomic E-state index is -0.252. The Labute approximate surface area is 105 Å². The fraction of sp³-hybridized carbons (Fsp3) is 0.286. The Hall–Kier alpha value is -2.10. The van der Waals surface area contributed by atoms with E-state index in [1.807, 2.05) is 6.92 Å². The lowest BCUT2D eigenvalue weighted by Gasteiger charge is -2.21. The van der Waals surface area contributed by atoms with Gasteiger partial charge in [0.25, 0.3) is 11.1 Å². The second-order valence-electron chi connectivity index (χ2n) is 4.16. The first-order chi connectivity index (χ1) is 8.74. The molecule has 0 fully saturated rings. The zero-order valence-electron chi connectivity index (χ0n) is 10.3. The fourth-order valence-electron chi connectivity index (χ4n) is 2.04. The Morgan fingerprint density at radius 1 is 0.944 bits per heavy atom. The molecule has 0 N–H and O–H groups in total. The molecule has 0 aliphatic rings. The monoisotopic (exact) mass is 244 g/mol. The van der Waals surface area contributed by atoms with Gasteiger partial charge in [-0.3, -0.25) is 18.7 Å². The Bertz CT molecular complexity index is 574. The van der Waals surface area contributed by atoms with E-state index in [1.165, 1.54) is 12.1 Å². The van der Waals surface area contributed by atoms with Gasteiger partial charge in [-0.05, 0) is 18.6 Å². The van der Waals surface area contributed by atoms with E-state index in [0.29, 0.717) is 0 Å². The van der Waals surface area contributed by atoms with Crippen LogP contribution < -0.4 is 11.1 Å². The fourth-order valence-corrected chi connectivity index (χ4v) is 2.04. The Kier molecular flexibility index (Phi) is 3.77. The molecular weight excluding hydrogens is 228 g/mol. The topological polar surface area (TPSA) is 44.0 Å². The van der Waals surface area contributed by atoms with Gasteiger partial charge in [0.15, 0.2) is 0 Å². The minimum Gasteiger partial charge on any atom is -0.294 e. The van der Waals surface area contributed by atoms with Crippen molar-refractivity contribution >= 4 is 0 Å². The summed E-state index contributed by atoms with van der Waals surface area (Å²) in [5, 5.41) is 0. The van der Waals surface area contributed by atoms with E-state index < -0.39 is 0 Å². The lowest BCUT2D eigenvalue weighted by molar-refractivity contribution is 0.378. The van der Waals surface area contributed by atoms with Crippen LogP contribution in [0.1, 0.15) is 25.9 Å². The molecule has 0 unspecified atom stereocenters. The molecule has 0 aliphatic heterocycles. The van der Waals surface area contributed by atoms with Crippen LogP contribution in [-0.2, 0) is 0 Å². The van der Waals surface area contributed by atoms with E-state index in [9.17, 15) is 9.59 Å². The third kappa shape index (κ3) is 2.42. The van der Waals surface area contributed by atoms with Gasteiger partial charge in [0.1, 0.15) is 6.17 Å². The van der Waals surface area contributed by atoms with Crippen LogP contribution in [0.5, 0.6) is 0 Å². The minimum absolute atomic E-state index is 0.0910. The smallest absolute Gasteiger partial charge is 0.252 e. The summed E-state index contributed by atoms with van der Waals surface area (Å²) in [6.45, 7) is 2.04. The average Bonchev–Trinajstić information content (AvgIpc) is 2.38. The van der Waals surface area contributed by atoms with E-state index in [4.69, 9.17) is 0 Å². The predicted molar refractivity (Wildman–Crippen MR) is 70.7 cm³/mol. The van der Waals surface area contributed by atoms with E-state index in [0.717, 1.165) is 12.8 Å². The average molecular weight is 244 g/mol. The highest BCUT2D eigenvalue weighted by Crippen LogP contribution is 2.12. The SMILES string of the molecule is CCCC(n1ccccc1=O)n1ccccc1=O. The molecule has 0 aromatic carbocycles. The number of aromatic nitrogens is 2. The maximum atomic E-state index is 11.9. The molecular formula is C14H16N2O2. The van der Waals surface area contributed by atoms with Gasteiger partial charge in [-0.1, -0.05) is 25.5 Å². The molecule has 0 aliphatic carbocycles. The van der Waals surface area contributed by atoms with Crippen molar-refractivity contribution in [3.63, 3.8) is 0 Å². The van der Waals surface area contributed by atoms with Crippen molar-refractivity contribution in [3.05, 3.63) is 69.5 Å². The normalized spacial score (nSPS) is 10.8. The molecule has 2 aromatic rings. The molecule has 2 heterocycles. The van der Waals surface area contributed by atoms with Crippen LogP contribution in [-0.4, -0.2) is 9.13 Å². The van der Waals surface area contributed by atoms with Gasteiger partial charge < -0.3 is 0 Å². The maximum Gasteiger partial charge on any atom is 0.252 e. The van der Waals surface area contributed by atoms with Crippen molar-refractivity contribution in [3.8, 4) is 0 Å². The number of hydrogen-bond donors (Lipinski definition) is 0. The van der Waals surface area contributed by atoms with Gasteiger partial charge in [0, 0.05) is 24.5 Å². The summed E-state index contributed by atoms with van der Waals surface area (Å²) < 4.78 is 3.20. The first-order valence-electron chi connectivity index (χ1n) is 6.08. The van der Waals surface area contributed by atoms with Crippen LogP contribution in [0.2, 0.25) is 0 Å². The summed E-state index contributed by atoms with van der Waals surface area (Å²) in [7, 11) is 0. The van der Waals surface area contributed by atoms with Gasteiger partial charge >= 0.3 is 0 Å². The van der Waals surface area contributed by atoms with Crippen molar-refractivity contribution in [2.75, 3.05) is 0 Å². The molecule has 0 spiro atoms. The molecule has 0 bridgehead atoms. The highest BCUT2D eigenvalue weighted by atomic mass is 16.1. The number of rotatable bonds is 4. The molecule has 0 atom stereocenters. The molecule has 18 heavy (non-hydrogen) atoms. The summed E-state index contributed by atoms with van der Waals surface area (Å²) in [5.41, 5.74) is -0.182. The molecule has 0 saturated heterocycles. The zero-order valence-corrected chi connectivity index (χ0v) is 10.3. The highest BCUT2D eigenvalue weighted by molar-refractivity contribution is 4.99. The maximum absolute atomic E-state index is 11.9. The Morgan fingerprint density at radius 3 is 1.83 bits per heavy atom. The van der Waals surface area contributed by atoms with Gasteiger partial charge in [-0.25, -0.2) is 0 Å². The van der Waals surface area contributed by atoms with Crippen LogP contribution in [0.3, 0.4) is 0 Å². The summed E-state index contributed by atoms with van der Waals surface area (Å²) >= 11 is 0. The van der Waals surface area contributed by atoms with Crippen LogP contribution in [0, 0.1) is 0 Å². The van der Waals surface area contributed by atoms with E-state index in [1.54, 1.807) is 45.8 Å². The molecule has 0 amide bonds. The van der Waals surface area contributed by atoms with E-state index in [2.05, 4.69) is 0 Å². The summed E-state index contributed by atoms with van der Waals surface area (Å²) in [4.78, 5) is 23.7. The molecule has 2 rings (SSSR count). The molecule has 0 radical (unpaired) electrons. The molecule has 0 saturated carbocycles. The van der Waals surface area contributed by atoms with Crippen molar-refractivity contribution in [2.24, 2.45) is 0 Å². The molecule has 2 aromatic heterocycles. The third-order valence-electron chi connectivity index (χ3n) is 2.89. The second-order valence-corrected chi connectivity index (χ2v) is 4.16. The molecule has 4 nitrogen and oxygen atoms in total. The van der Waals surface area contributed by atoms with Crippen LogP contribution in [0.15, 0.2) is 58.4 Å². The predicted octanol–water partition coefficient (Wildman–Crippen LogP) is 1.86. The van der Waals surface area contributed by atoms with Crippen LogP contribution in [0.4, 0.5) is 0 Å². The summed E-state index contributed by atoms with van der Waals surface area (Å²) in [6, 6.07) is 10.0. The highest BCUT2D eigenvalue weighted by Gasteiger charge is 2.13. The largest absolute Gasteiger partial charge is 0.294 e. The van der Waals surface area contributed by atoms with Gasteiger partial charge in [0.05, 0.1) is 0 Å². The summed E-state index contributed by atoms with van der Waals surface area (Å²) in [5.74, 6) is 0. The van der Waals surface area contributed by atoms with Crippen LogP contribution in [0.25, 0.3) is 0 Å². The Balaban J connectivity index is 2.54. The number of nitrogens with zero attached hydrogens (tertiary/aromatic N) is 2. The lowest BCUT2D eigenvalue weighted by Crippen LogP contribution is -2.33. The standard InChI is InChI=1S/C14H16N2O2/c1-2-7-12(15-10-5-3-8-13(15)17)16-11-6-4-9-14(16)18/h3-6,8-12H,2,7H2,1H3. The number of pyridine rings is 2. The van der Waals surface area contributed by atoms with Gasteiger partial charge in [-0.2, -0.15) is 0 Å². The van der Waals surface area contributed by atoms with Crippen molar-refractivity contribution in [2.45, 2.75) is 25.9 Å². The third-order valence-corrected chi connectivity index (χ3v) is 2.89. The van der Waals surface area contributed by atoms with Gasteiger partial charge in [0.2, 0.25) is 0 Å². The first-order valence-corrected chi connectivity index (χ1v) is 6.08. The van der Waals surface area contributed by atoms with Crippen molar-refractivity contribution < 1.29 is 0 Å². The zero-order chi connectivity index (χ0) is 13.0. The molecule has 94 valence electrons. The van der Waals surface area contributed by atoms with Crippen LogP contribution >= 0.6 is 0 Å². The summed E-state index contributed by atoms with van der Waals surface area (Å²) in [6.07, 6.45) is 4.84. The van der Waals surface area contributed by atoms with E-state index >= 15 is 0 Å². The quantitative estimate of drug-likeness (QED) is 0.824. The number of hydrogen-bond acceptors (Lipinski definition) is 2. The first kappa shape index (κ1) is 12.4. The van der Waals surface area contributed by atoms with Crippen molar-refractivity contribution in [1.29, 1.82) is 0 Å². The van der Waals surface area contributed by atoms with Gasteiger partial charge in [-0.15, -0.1) is 0 Å². The second kappa shape index (κ2) is 5.49.